The molecule has 3 aliphatic rings. The van der Waals surface area contributed by atoms with Gasteiger partial charge in [0.15, 0.2) is 5.82 Å². The van der Waals surface area contributed by atoms with Crippen LogP contribution >= 0.6 is 12.4 Å². The fourth-order valence-electron chi connectivity index (χ4n) is 3.79. The number of carbonyl (C=O) groups is 1. The van der Waals surface area contributed by atoms with E-state index >= 15 is 0 Å². The Bertz CT molecular complexity index is 532. The number of fused-ring (bicyclic) bond motifs is 2. The number of aryl methyl sites for hydroxylation is 1. The van der Waals surface area contributed by atoms with Crippen LogP contribution in [0.15, 0.2) is 4.52 Å². The first-order valence-electron chi connectivity index (χ1n) is 8.65. The van der Waals surface area contributed by atoms with Gasteiger partial charge in [-0.2, -0.15) is 4.98 Å². The molecule has 6 nitrogen and oxygen atoms in total. The monoisotopic (exact) mass is 340 g/mol. The van der Waals surface area contributed by atoms with Crippen LogP contribution in [0.25, 0.3) is 0 Å². The number of carbonyl (C=O) groups excluding carboxylic acids is 1. The first-order valence-corrected chi connectivity index (χ1v) is 8.65. The van der Waals surface area contributed by atoms with Crippen molar-refractivity contribution in [3.8, 4) is 0 Å². The highest BCUT2D eigenvalue weighted by molar-refractivity contribution is 5.85. The van der Waals surface area contributed by atoms with Crippen molar-refractivity contribution in [1.82, 2.24) is 20.4 Å². The number of nitrogens with one attached hydrogen (secondary N) is 1. The molecule has 1 saturated carbocycles. The second-order valence-corrected chi connectivity index (χ2v) is 6.85. The Morgan fingerprint density at radius 1 is 1.22 bits per heavy atom. The zero-order valence-corrected chi connectivity index (χ0v) is 14.2. The van der Waals surface area contributed by atoms with E-state index in [-0.39, 0.29) is 12.4 Å². The normalized spacial score (nSPS) is 26.7. The van der Waals surface area contributed by atoms with E-state index in [9.17, 15) is 4.79 Å². The van der Waals surface area contributed by atoms with Gasteiger partial charge in [0.2, 0.25) is 11.8 Å². The Balaban J connectivity index is 0.00000156. The Morgan fingerprint density at radius 2 is 2.04 bits per heavy atom. The maximum absolute atomic E-state index is 12.6. The van der Waals surface area contributed by atoms with Gasteiger partial charge in [0.05, 0.1) is 0 Å². The smallest absolute Gasteiger partial charge is 0.226 e. The third-order valence-corrected chi connectivity index (χ3v) is 5.15. The molecule has 4 rings (SSSR count). The van der Waals surface area contributed by atoms with Gasteiger partial charge in [0.1, 0.15) is 0 Å². The second kappa shape index (κ2) is 7.18. The number of rotatable bonds is 5. The van der Waals surface area contributed by atoms with E-state index < -0.39 is 0 Å². The average Bonchev–Trinajstić information content (AvgIpc) is 3.16. The number of halogens is 1. The van der Waals surface area contributed by atoms with Crippen molar-refractivity contribution in [2.75, 3.05) is 13.1 Å². The van der Waals surface area contributed by atoms with Crippen molar-refractivity contribution in [3.63, 3.8) is 0 Å². The van der Waals surface area contributed by atoms with E-state index in [0.29, 0.717) is 42.6 Å². The quantitative estimate of drug-likeness (QED) is 0.888. The molecule has 1 amide bonds. The topological polar surface area (TPSA) is 71.3 Å². The molecule has 0 spiro atoms. The van der Waals surface area contributed by atoms with Crippen molar-refractivity contribution in [3.05, 3.63) is 11.7 Å². The first kappa shape index (κ1) is 16.7. The summed E-state index contributed by atoms with van der Waals surface area (Å²) in [6, 6.07) is 0.863. The molecule has 3 heterocycles. The second-order valence-electron chi connectivity index (χ2n) is 6.85. The summed E-state index contributed by atoms with van der Waals surface area (Å²) in [5.41, 5.74) is 0. The fraction of sp³-hybridized carbons (Fsp3) is 0.812. The highest BCUT2D eigenvalue weighted by Crippen LogP contribution is 2.38. The van der Waals surface area contributed by atoms with Crippen LogP contribution in [0.1, 0.15) is 62.6 Å². The van der Waals surface area contributed by atoms with Crippen LogP contribution < -0.4 is 5.32 Å². The minimum absolute atomic E-state index is 0. The maximum atomic E-state index is 12.6. The molecule has 2 bridgehead atoms. The zero-order chi connectivity index (χ0) is 14.9. The molecule has 1 aromatic heterocycles. The van der Waals surface area contributed by atoms with Crippen LogP contribution in [-0.4, -0.2) is 46.1 Å². The molecule has 3 fully saturated rings. The highest BCUT2D eigenvalue weighted by Gasteiger charge is 2.37. The average molecular weight is 341 g/mol. The maximum Gasteiger partial charge on any atom is 0.226 e. The van der Waals surface area contributed by atoms with E-state index in [4.69, 9.17) is 4.52 Å². The van der Waals surface area contributed by atoms with Gasteiger partial charge in [-0.15, -0.1) is 12.4 Å². The SMILES string of the molecule is Cl.O=C(CCCc1nc(C2CC2)no1)N1C2CCNCC1CC2. The highest BCUT2D eigenvalue weighted by atomic mass is 35.5. The molecule has 1 aliphatic carbocycles. The van der Waals surface area contributed by atoms with Gasteiger partial charge in [0.25, 0.3) is 0 Å². The standard InChI is InChI=1S/C16H24N4O2.ClH/c21-15(20-12-6-7-13(20)10-17-9-8-12)3-1-2-14-18-16(19-22-14)11-4-5-11;/h11-13,17H,1-10H2;1H. The van der Waals surface area contributed by atoms with E-state index in [2.05, 4.69) is 20.4 Å². The van der Waals surface area contributed by atoms with Crippen molar-refractivity contribution < 1.29 is 9.32 Å². The van der Waals surface area contributed by atoms with Crippen LogP contribution in [-0.2, 0) is 11.2 Å². The summed E-state index contributed by atoms with van der Waals surface area (Å²) >= 11 is 0. The predicted octanol–water partition coefficient (Wildman–Crippen LogP) is 2.04. The van der Waals surface area contributed by atoms with E-state index in [1.54, 1.807) is 0 Å². The minimum atomic E-state index is 0. The van der Waals surface area contributed by atoms with Gasteiger partial charge in [-0.1, -0.05) is 5.16 Å². The van der Waals surface area contributed by atoms with E-state index in [1.165, 1.54) is 19.3 Å². The Hall–Kier alpha value is -1.14. The van der Waals surface area contributed by atoms with Crippen molar-refractivity contribution in [2.24, 2.45) is 0 Å². The molecule has 128 valence electrons. The van der Waals surface area contributed by atoms with Crippen LogP contribution in [0.5, 0.6) is 0 Å². The molecule has 2 atom stereocenters. The number of hydrogen-bond acceptors (Lipinski definition) is 5. The Kier molecular flexibility index (Phi) is 5.21. The van der Waals surface area contributed by atoms with Crippen molar-refractivity contribution in [2.45, 2.75) is 69.4 Å². The third kappa shape index (κ3) is 3.69. The molecular weight excluding hydrogens is 316 g/mol. The van der Waals surface area contributed by atoms with Gasteiger partial charge < -0.3 is 14.7 Å². The largest absolute Gasteiger partial charge is 0.339 e. The summed E-state index contributed by atoms with van der Waals surface area (Å²) in [7, 11) is 0. The van der Waals surface area contributed by atoms with Gasteiger partial charge in [0, 0.05) is 37.4 Å². The summed E-state index contributed by atoms with van der Waals surface area (Å²) in [6.45, 7) is 1.99. The van der Waals surface area contributed by atoms with Crippen LogP contribution in [0.3, 0.4) is 0 Å². The van der Waals surface area contributed by atoms with Crippen molar-refractivity contribution in [1.29, 1.82) is 0 Å². The van der Waals surface area contributed by atoms with Gasteiger partial charge in [-0.3, -0.25) is 4.79 Å². The summed E-state index contributed by atoms with van der Waals surface area (Å²) in [6.07, 6.45) is 7.89. The molecular formula is C16H25ClN4O2. The molecule has 2 unspecified atom stereocenters. The number of amides is 1. The molecule has 0 radical (unpaired) electrons. The lowest BCUT2D eigenvalue weighted by Gasteiger charge is -2.27. The Labute approximate surface area is 142 Å². The molecule has 23 heavy (non-hydrogen) atoms. The molecule has 1 aromatic rings. The number of aromatic nitrogens is 2. The lowest BCUT2D eigenvalue weighted by atomic mass is 10.1. The van der Waals surface area contributed by atoms with Crippen LogP contribution in [0.2, 0.25) is 0 Å². The summed E-state index contributed by atoms with van der Waals surface area (Å²) in [5.74, 6) is 2.38. The third-order valence-electron chi connectivity index (χ3n) is 5.15. The lowest BCUT2D eigenvalue weighted by molar-refractivity contribution is -0.133. The van der Waals surface area contributed by atoms with Gasteiger partial charge >= 0.3 is 0 Å². The molecule has 0 aromatic carbocycles. The van der Waals surface area contributed by atoms with Crippen LogP contribution in [0, 0.1) is 0 Å². The Morgan fingerprint density at radius 3 is 2.87 bits per heavy atom. The minimum Gasteiger partial charge on any atom is -0.339 e. The molecule has 2 aliphatic heterocycles. The van der Waals surface area contributed by atoms with Crippen LogP contribution in [0.4, 0.5) is 0 Å². The van der Waals surface area contributed by atoms with Crippen molar-refractivity contribution >= 4 is 18.3 Å². The summed E-state index contributed by atoms with van der Waals surface area (Å²) in [5, 5.41) is 7.46. The van der Waals surface area contributed by atoms with E-state index in [1.807, 2.05) is 0 Å². The summed E-state index contributed by atoms with van der Waals surface area (Å²) in [4.78, 5) is 19.1. The van der Waals surface area contributed by atoms with Gasteiger partial charge in [-0.05, 0) is 45.1 Å². The van der Waals surface area contributed by atoms with E-state index in [0.717, 1.165) is 38.2 Å². The number of nitrogens with zero attached hydrogens (tertiary/aromatic N) is 3. The molecule has 7 heteroatoms. The number of hydrogen-bond donors (Lipinski definition) is 1. The zero-order valence-electron chi connectivity index (χ0n) is 13.4. The lowest BCUT2D eigenvalue weighted by Crippen LogP contribution is -2.42. The predicted molar refractivity (Wildman–Crippen MR) is 87.6 cm³/mol. The van der Waals surface area contributed by atoms with Gasteiger partial charge in [-0.25, -0.2) is 0 Å². The molecule has 2 saturated heterocycles. The first-order chi connectivity index (χ1) is 10.8. The summed E-state index contributed by atoms with van der Waals surface area (Å²) < 4.78 is 5.27. The fourth-order valence-corrected chi connectivity index (χ4v) is 3.79. The molecule has 1 N–H and O–H groups in total.